The molecule has 0 radical (unpaired) electrons. The highest BCUT2D eigenvalue weighted by molar-refractivity contribution is 7.89. The number of nitrogens with one attached hydrogen (secondary N) is 1. The highest BCUT2D eigenvalue weighted by Gasteiger charge is 2.17. The van der Waals surface area contributed by atoms with Crippen LogP contribution < -0.4 is 14.2 Å². The van der Waals surface area contributed by atoms with Crippen LogP contribution >= 0.6 is 11.3 Å². The fraction of sp³-hybridized carbons (Fsp3) is 0.125. The number of hydrogen-bond acceptors (Lipinski definition) is 8. The van der Waals surface area contributed by atoms with Crippen molar-refractivity contribution >= 4 is 32.3 Å². The van der Waals surface area contributed by atoms with E-state index in [9.17, 15) is 8.42 Å². The lowest BCUT2D eigenvalue weighted by atomic mass is 10.1. The van der Waals surface area contributed by atoms with Crippen LogP contribution in [-0.2, 0) is 10.0 Å². The second-order valence-corrected chi connectivity index (χ2v) is 10.2. The SMILES string of the molecule is CNS(=O)(=O)c1ccc(-c2cnn(-c3nc(-c4ccsc4)c4cc(OC)c(OC)cc4n3)c2)cc1. The number of ether oxygens (including phenoxy) is 2. The average Bonchev–Trinajstić information content (AvgIpc) is 3.60. The maximum atomic E-state index is 12.0. The van der Waals surface area contributed by atoms with E-state index in [-0.39, 0.29) is 4.90 Å². The van der Waals surface area contributed by atoms with Crippen LogP contribution in [0.1, 0.15) is 0 Å². The van der Waals surface area contributed by atoms with Gasteiger partial charge in [0, 0.05) is 34.2 Å². The van der Waals surface area contributed by atoms with Crippen molar-refractivity contribution in [3.8, 4) is 39.8 Å². The van der Waals surface area contributed by atoms with Gasteiger partial charge in [-0.2, -0.15) is 16.4 Å². The Morgan fingerprint density at radius 1 is 0.943 bits per heavy atom. The highest BCUT2D eigenvalue weighted by atomic mass is 32.2. The molecule has 1 N–H and O–H groups in total. The van der Waals surface area contributed by atoms with Crippen molar-refractivity contribution < 1.29 is 17.9 Å². The number of methoxy groups -OCH3 is 2. The van der Waals surface area contributed by atoms with E-state index in [0.29, 0.717) is 23.0 Å². The molecule has 3 heterocycles. The summed E-state index contributed by atoms with van der Waals surface area (Å²) in [5, 5.41) is 9.31. The molecule has 0 bridgehead atoms. The molecule has 0 fully saturated rings. The summed E-state index contributed by atoms with van der Waals surface area (Å²) < 4.78 is 38.9. The van der Waals surface area contributed by atoms with Crippen LogP contribution in [0.4, 0.5) is 0 Å². The number of rotatable bonds is 7. The van der Waals surface area contributed by atoms with E-state index in [1.165, 1.54) is 7.05 Å². The first-order valence-corrected chi connectivity index (χ1v) is 12.9. The first-order chi connectivity index (χ1) is 16.9. The van der Waals surface area contributed by atoms with Gasteiger partial charge in [0.25, 0.3) is 5.95 Å². The van der Waals surface area contributed by atoms with Crippen molar-refractivity contribution in [3.63, 3.8) is 0 Å². The molecule has 5 rings (SSSR count). The Morgan fingerprint density at radius 3 is 2.34 bits per heavy atom. The second kappa shape index (κ2) is 9.10. The molecule has 0 unspecified atom stereocenters. The van der Waals surface area contributed by atoms with Crippen LogP contribution in [0.15, 0.2) is 70.5 Å². The normalized spacial score (nSPS) is 11.6. The molecule has 178 valence electrons. The van der Waals surface area contributed by atoms with Gasteiger partial charge in [-0.05, 0) is 42.3 Å². The summed E-state index contributed by atoms with van der Waals surface area (Å²) in [5.74, 6) is 1.56. The molecule has 0 atom stereocenters. The molecular formula is C24H21N5O4S2. The zero-order valence-electron chi connectivity index (χ0n) is 19.1. The van der Waals surface area contributed by atoms with Gasteiger partial charge in [-0.3, -0.25) is 0 Å². The summed E-state index contributed by atoms with van der Waals surface area (Å²) >= 11 is 1.58. The van der Waals surface area contributed by atoms with Crippen molar-refractivity contribution in [1.82, 2.24) is 24.5 Å². The van der Waals surface area contributed by atoms with E-state index < -0.39 is 10.0 Å². The third-order valence-corrected chi connectivity index (χ3v) is 7.65. The molecule has 35 heavy (non-hydrogen) atoms. The Hall–Kier alpha value is -3.80. The molecule has 0 aliphatic carbocycles. The van der Waals surface area contributed by atoms with Crippen LogP contribution in [0.25, 0.3) is 39.2 Å². The van der Waals surface area contributed by atoms with E-state index in [4.69, 9.17) is 19.4 Å². The topological polar surface area (TPSA) is 108 Å². The lowest BCUT2D eigenvalue weighted by molar-refractivity contribution is 0.356. The van der Waals surface area contributed by atoms with Crippen LogP contribution in [0.5, 0.6) is 11.5 Å². The van der Waals surface area contributed by atoms with Gasteiger partial charge in [-0.1, -0.05) is 12.1 Å². The third-order valence-electron chi connectivity index (χ3n) is 5.54. The zero-order chi connectivity index (χ0) is 24.6. The number of benzene rings is 2. The molecule has 0 aliphatic rings. The Morgan fingerprint density at radius 2 is 1.69 bits per heavy atom. The Bertz CT molecular complexity index is 1610. The predicted octanol–water partition coefficient (Wildman–Crippen LogP) is 4.14. The molecule has 0 aliphatic heterocycles. The van der Waals surface area contributed by atoms with Gasteiger partial charge in [0.05, 0.1) is 36.5 Å². The largest absolute Gasteiger partial charge is 0.493 e. The van der Waals surface area contributed by atoms with E-state index in [1.54, 1.807) is 66.9 Å². The predicted molar refractivity (Wildman–Crippen MR) is 135 cm³/mol. The molecule has 3 aromatic heterocycles. The van der Waals surface area contributed by atoms with E-state index in [0.717, 1.165) is 27.8 Å². The van der Waals surface area contributed by atoms with Gasteiger partial charge in [-0.25, -0.2) is 27.8 Å². The van der Waals surface area contributed by atoms with Gasteiger partial charge in [0.2, 0.25) is 10.0 Å². The molecule has 0 spiro atoms. The van der Waals surface area contributed by atoms with E-state index in [2.05, 4.69) is 9.82 Å². The van der Waals surface area contributed by atoms with E-state index >= 15 is 0 Å². The van der Waals surface area contributed by atoms with Gasteiger partial charge in [-0.15, -0.1) is 0 Å². The van der Waals surface area contributed by atoms with Crippen LogP contribution in [0, 0.1) is 0 Å². The molecule has 5 aromatic rings. The minimum absolute atomic E-state index is 0.193. The number of sulfonamides is 1. The number of thiophene rings is 1. The van der Waals surface area contributed by atoms with Gasteiger partial charge >= 0.3 is 0 Å². The maximum absolute atomic E-state index is 12.0. The molecule has 0 saturated carbocycles. The summed E-state index contributed by atoms with van der Waals surface area (Å²) in [6.45, 7) is 0. The minimum atomic E-state index is -3.50. The third kappa shape index (κ3) is 4.25. The summed E-state index contributed by atoms with van der Waals surface area (Å²) in [7, 11) is 1.05. The highest BCUT2D eigenvalue weighted by Crippen LogP contribution is 2.36. The number of nitrogens with zero attached hydrogens (tertiary/aromatic N) is 4. The minimum Gasteiger partial charge on any atom is -0.493 e. The standard InChI is InChI=1S/C24H21N5O4S2/c1-25-35(30,31)18-6-4-15(5-7-18)17-12-26-29(13-17)24-27-20-11-22(33-3)21(32-2)10-19(20)23(28-24)16-8-9-34-14-16/h4-14,25H,1-3H3. The monoisotopic (exact) mass is 507 g/mol. The summed E-state index contributed by atoms with van der Waals surface area (Å²) in [6.07, 6.45) is 3.49. The molecule has 11 heteroatoms. The summed E-state index contributed by atoms with van der Waals surface area (Å²) in [5.41, 5.74) is 4.02. The first-order valence-electron chi connectivity index (χ1n) is 10.5. The Kier molecular flexibility index (Phi) is 5.97. The van der Waals surface area contributed by atoms with Crippen molar-refractivity contribution in [3.05, 3.63) is 65.6 Å². The van der Waals surface area contributed by atoms with Crippen molar-refractivity contribution in [1.29, 1.82) is 0 Å². The Balaban J connectivity index is 1.60. The fourth-order valence-corrected chi connectivity index (χ4v) is 5.06. The fourth-order valence-electron chi connectivity index (χ4n) is 3.69. The van der Waals surface area contributed by atoms with Crippen LogP contribution in [0.2, 0.25) is 0 Å². The summed E-state index contributed by atoms with van der Waals surface area (Å²) in [4.78, 5) is 9.75. The number of hydrogen-bond donors (Lipinski definition) is 1. The molecule has 9 nitrogen and oxygen atoms in total. The van der Waals surface area contributed by atoms with Crippen LogP contribution in [0.3, 0.4) is 0 Å². The van der Waals surface area contributed by atoms with Crippen LogP contribution in [-0.4, -0.2) is 49.4 Å². The lowest BCUT2D eigenvalue weighted by Crippen LogP contribution is -2.18. The van der Waals surface area contributed by atoms with Crippen molar-refractivity contribution in [2.75, 3.05) is 21.3 Å². The molecule has 0 amide bonds. The second-order valence-electron chi connectivity index (χ2n) is 7.51. The average molecular weight is 508 g/mol. The van der Waals surface area contributed by atoms with Gasteiger partial charge in [0.15, 0.2) is 11.5 Å². The molecular weight excluding hydrogens is 486 g/mol. The van der Waals surface area contributed by atoms with Gasteiger partial charge in [0.1, 0.15) is 0 Å². The van der Waals surface area contributed by atoms with E-state index in [1.807, 2.05) is 29.0 Å². The quantitative estimate of drug-likeness (QED) is 0.353. The Labute approximate surface area is 206 Å². The zero-order valence-corrected chi connectivity index (χ0v) is 20.7. The van der Waals surface area contributed by atoms with Crippen molar-refractivity contribution in [2.24, 2.45) is 0 Å². The molecule has 2 aromatic carbocycles. The van der Waals surface area contributed by atoms with Gasteiger partial charge < -0.3 is 9.47 Å². The summed E-state index contributed by atoms with van der Waals surface area (Å²) in [6, 6.07) is 12.3. The maximum Gasteiger partial charge on any atom is 0.251 e. The molecule has 0 saturated heterocycles. The smallest absolute Gasteiger partial charge is 0.251 e. The number of aromatic nitrogens is 4. The lowest BCUT2D eigenvalue weighted by Gasteiger charge is -2.12. The first kappa shape index (κ1) is 23.0. The van der Waals surface area contributed by atoms with Crippen molar-refractivity contribution in [2.45, 2.75) is 4.90 Å². The number of fused-ring (bicyclic) bond motifs is 1.